The quantitative estimate of drug-likeness (QED) is 0.583. The first-order valence-corrected chi connectivity index (χ1v) is 9.58. The lowest BCUT2D eigenvalue weighted by atomic mass is 9.82. The van der Waals surface area contributed by atoms with Crippen LogP contribution in [0, 0.1) is 0 Å². The second-order valence-corrected chi connectivity index (χ2v) is 7.25. The fraction of sp³-hybridized carbons (Fsp3) is 0.136. The smallest absolute Gasteiger partial charge is 0.340 e. The third-order valence-corrected chi connectivity index (χ3v) is 5.32. The monoisotopic (exact) mass is 413 g/mol. The average molecular weight is 414 g/mol. The maximum atomic E-state index is 12.7. The van der Waals surface area contributed by atoms with E-state index < -0.39 is 11.9 Å². The van der Waals surface area contributed by atoms with Gasteiger partial charge in [0.2, 0.25) is 5.88 Å². The van der Waals surface area contributed by atoms with Crippen molar-refractivity contribution in [1.82, 2.24) is 0 Å². The first kappa shape index (κ1) is 18.7. The van der Waals surface area contributed by atoms with Crippen LogP contribution in [-0.4, -0.2) is 12.6 Å². The van der Waals surface area contributed by atoms with E-state index in [-0.39, 0.29) is 18.1 Å². The normalized spacial score (nSPS) is 15.9. The van der Waals surface area contributed by atoms with E-state index in [9.17, 15) is 4.79 Å². The van der Waals surface area contributed by atoms with Crippen LogP contribution in [0.2, 0.25) is 10.0 Å². The minimum atomic E-state index is -0.533. The molecule has 0 saturated heterocycles. The lowest BCUT2D eigenvalue weighted by molar-refractivity contribution is -0.139. The Morgan fingerprint density at radius 1 is 1.11 bits per heavy atom. The van der Waals surface area contributed by atoms with Gasteiger partial charge in [0.25, 0.3) is 0 Å². The number of nitrogens with two attached hydrogens (primary N) is 1. The molecule has 0 saturated carbocycles. The summed E-state index contributed by atoms with van der Waals surface area (Å²) in [7, 11) is 0. The fourth-order valence-corrected chi connectivity index (χ4v) is 4.07. The fourth-order valence-electron chi connectivity index (χ4n) is 3.55. The second kappa shape index (κ2) is 7.38. The molecule has 0 radical (unpaired) electrons. The number of hydrogen-bond acceptors (Lipinski definition) is 4. The molecule has 0 aliphatic carbocycles. The van der Waals surface area contributed by atoms with Gasteiger partial charge in [-0.15, -0.1) is 0 Å². The zero-order valence-corrected chi connectivity index (χ0v) is 16.6. The van der Waals surface area contributed by atoms with Crippen molar-refractivity contribution in [3.05, 3.63) is 87.2 Å². The molecule has 2 N–H and O–H groups in total. The van der Waals surface area contributed by atoms with Gasteiger partial charge in [-0.25, -0.2) is 4.79 Å². The molecule has 1 aliphatic heterocycles. The molecular formula is C22H17Cl2NO3. The number of halogens is 2. The van der Waals surface area contributed by atoms with Crippen molar-refractivity contribution >= 4 is 39.9 Å². The number of carbonyl (C=O) groups excluding carboxylic acids is 1. The van der Waals surface area contributed by atoms with E-state index in [2.05, 4.69) is 0 Å². The molecule has 0 spiro atoms. The minimum Gasteiger partial charge on any atom is -0.462 e. The Balaban J connectivity index is 2.00. The Kier molecular flexibility index (Phi) is 4.92. The number of hydrogen-bond donors (Lipinski definition) is 1. The highest BCUT2D eigenvalue weighted by molar-refractivity contribution is 6.35. The van der Waals surface area contributed by atoms with Crippen molar-refractivity contribution in [2.75, 3.05) is 6.61 Å². The lowest BCUT2D eigenvalue weighted by Crippen LogP contribution is -2.27. The van der Waals surface area contributed by atoms with E-state index in [0.717, 1.165) is 16.3 Å². The van der Waals surface area contributed by atoms with Crippen LogP contribution in [0.5, 0.6) is 5.75 Å². The summed E-state index contributed by atoms with van der Waals surface area (Å²) >= 11 is 12.6. The van der Waals surface area contributed by atoms with Crippen LogP contribution < -0.4 is 10.5 Å². The topological polar surface area (TPSA) is 61.5 Å². The molecule has 0 bridgehead atoms. The van der Waals surface area contributed by atoms with Crippen molar-refractivity contribution in [1.29, 1.82) is 0 Å². The van der Waals surface area contributed by atoms with Gasteiger partial charge in [-0.3, -0.25) is 0 Å². The molecule has 4 rings (SSSR count). The average Bonchev–Trinajstić information content (AvgIpc) is 2.67. The van der Waals surface area contributed by atoms with Gasteiger partial charge in [0.15, 0.2) is 0 Å². The van der Waals surface area contributed by atoms with Crippen LogP contribution in [0.1, 0.15) is 24.0 Å². The first-order valence-electron chi connectivity index (χ1n) is 8.82. The molecular weight excluding hydrogens is 397 g/mol. The standard InChI is InChI=1S/C22H17Cl2NO3/c1-2-27-22(26)19-18(15-10-8-13(23)11-17(15)24)16-9-7-12-5-3-4-6-14(12)20(16)28-21(19)25/h3-11,18H,2,25H2,1H3. The summed E-state index contributed by atoms with van der Waals surface area (Å²) in [6, 6.07) is 16.9. The number of ether oxygens (including phenoxy) is 2. The van der Waals surface area contributed by atoms with E-state index in [1.807, 2.05) is 36.4 Å². The molecule has 3 aromatic carbocycles. The molecule has 6 heteroatoms. The predicted octanol–water partition coefficient (Wildman–Crippen LogP) is 5.40. The molecule has 4 nitrogen and oxygen atoms in total. The minimum absolute atomic E-state index is 0.0123. The third kappa shape index (κ3) is 3.09. The van der Waals surface area contributed by atoms with E-state index in [4.69, 9.17) is 38.4 Å². The number of fused-ring (bicyclic) bond motifs is 3. The third-order valence-electron chi connectivity index (χ3n) is 4.76. The Labute approximate surface area is 172 Å². The molecule has 1 heterocycles. The first-order chi connectivity index (χ1) is 13.5. The highest BCUT2D eigenvalue weighted by atomic mass is 35.5. The molecule has 0 fully saturated rings. The Morgan fingerprint density at radius 2 is 1.86 bits per heavy atom. The Bertz CT molecular complexity index is 1120. The van der Waals surface area contributed by atoms with E-state index in [1.54, 1.807) is 25.1 Å². The van der Waals surface area contributed by atoms with E-state index in [1.165, 1.54) is 0 Å². The largest absolute Gasteiger partial charge is 0.462 e. The summed E-state index contributed by atoms with van der Waals surface area (Å²) in [4.78, 5) is 12.7. The van der Waals surface area contributed by atoms with Crippen LogP contribution in [0.3, 0.4) is 0 Å². The van der Waals surface area contributed by atoms with Gasteiger partial charge in [0, 0.05) is 21.0 Å². The zero-order chi connectivity index (χ0) is 19.8. The number of benzene rings is 3. The van der Waals surface area contributed by atoms with Crippen molar-refractivity contribution in [3.63, 3.8) is 0 Å². The predicted molar refractivity (Wildman–Crippen MR) is 111 cm³/mol. The van der Waals surface area contributed by atoms with Gasteiger partial charge in [0.05, 0.1) is 12.5 Å². The van der Waals surface area contributed by atoms with Crippen molar-refractivity contribution in [2.24, 2.45) is 5.73 Å². The maximum absolute atomic E-state index is 12.7. The van der Waals surface area contributed by atoms with Crippen molar-refractivity contribution in [3.8, 4) is 5.75 Å². The van der Waals surface area contributed by atoms with Crippen LogP contribution in [0.15, 0.2) is 66.1 Å². The number of esters is 1. The van der Waals surface area contributed by atoms with Crippen molar-refractivity contribution in [2.45, 2.75) is 12.8 Å². The highest BCUT2D eigenvalue weighted by Crippen LogP contribution is 2.47. The van der Waals surface area contributed by atoms with Gasteiger partial charge < -0.3 is 15.2 Å². The van der Waals surface area contributed by atoms with Gasteiger partial charge >= 0.3 is 5.97 Å². The summed E-state index contributed by atoms with van der Waals surface area (Å²) in [5, 5.41) is 2.86. The SMILES string of the molecule is CCOC(=O)C1=C(N)Oc2c(ccc3ccccc23)C1c1ccc(Cl)cc1Cl. The van der Waals surface area contributed by atoms with Gasteiger partial charge in [-0.1, -0.05) is 65.7 Å². The lowest BCUT2D eigenvalue weighted by Gasteiger charge is -2.29. The summed E-state index contributed by atoms with van der Waals surface area (Å²) in [5.41, 5.74) is 7.94. The summed E-state index contributed by atoms with van der Waals surface area (Å²) in [5.74, 6) is -0.440. The van der Waals surface area contributed by atoms with E-state index >= 15 is 0 Å². The molecule has 0 amide bonds. The number of rotatable bonds is 3. The van der Waals surface area contributed by atoms with Crippen LogP contribution >= 0.6 is 23.2 Å². The van der Waals surface area contributed by atoms with E-state index in [0.29, 0.717) is 21.4 Å². The molecule has 0 aromatic heterocycles. The molecule has 1 aliphatic rings. The highest BCUT2D eigenvalue weighted by Gasteiger charge is 2.37. The van der Waals surface area contributed by atoms with Crippen LogP contribution in [0.4, 0.5) is 0 Å². The van der Waals surface area contributed by atoms with Crippen LogP contribution in [-0.2, 0) is 9.53 Å². The number of carbonyl (C=O) groups is 1. The van der Waals surface area contributed by atoms with Gasteiger partial charge in [0.1, 0.15) is 11.3 Å². The maximum Gasteiger partial charge on any atom is 0.340 e. The van der Waals surface area contributed by atoms with Crippen molar-refractivity contribution < 1.29 is 14.3 Å². The molecule has 28 heavy (non-hydrogen) atoms. The zero-order valence-electron chi connectivity index (χ0n) is 15.0. The van der Waals surface area contributed by atoms with Gasteiger partial charge in [-0.05, 0) is 30.0 Å². The molecule has 1 atom stereocenters. The molecule has 142 valence electrons. The summed E-state index contributed by atoms with van der Waals surface area (Å²) < 4.78 is 11.2. The summed E-state index contributed by atoms with van der Waals surface area (Å²) in [6.45, 7) is 1.96. The second-order valence-electron chi connectivity index (χ2n) is 6.40. The Hall–Kier alpha value is -2.69. The summed E-state index contributed by atoms with van der Waals surface area (Å²) in [6.07, 6.45) is 0. The molecule has 3 aromatic rings. The van der Waals surface area contributed by atoms with Gasteiger partial charge in [-0.2, -0.15) is 0 Å². The van der Waals surface area contributed by atoms with Crippen LogP contribution in [0.25, 0.3) is 10.8 Å². The molecule has 1 unspecified atom stereocenters. The Morgan fingerprint density at radius 3 is 2.61 bits per heavy atom.